The van der Waals surface area contributed by atoms with Crippen LogP contribution in [0.4, 0.5) is 0 Å². The van der Waals surface area contributed by atoms with Crippen LogP contribution < -0.4 is 10.6 Å². The molecule has 2 aromatic rings. The summed E-state index contributed by atoms with van der Waals surface area (Å²) < 4.78 is 0. The number of benzene rings is 2. The number of aromatic hydroxyl groups is 1. The number of rotatable bonds is 3. The first-order valence-electron chi connectivity index (χ1n) is 6.59. The molecule has 116 valence electrons. The van der Waals surface area contributed by atoms with Crippen molar-refractivity contribution < 1.29 is 22.1 Å². The number of nitrogens with zero attached hydrogens (tertiary/aromatic N) is 1. The van der Waals surface area contributed by atoms with E-state index in [1.165, 1.54) is 16.4 Å². The molecule has 0 amide bonds. The quantitative estimate of drug-likeness (QED) is 0.477. The summed E-state index contributed by atoms with van der Waals surface area (Å²) in [6.07, 6.45) is 0. The third-order valence-corrected chi connectivity index (χ3v) is 4.77. The average Bonchev–Trinajstić information content (AvgIpc) is 2.51. The summed E-state index contributed by atoms with van der Waals surface area (Å²) in [4.78, 5) is 4.28. The first kappa shape index (κ1) is 19.7. The van der Waals surface area contributed by atoms with E-state index in [1.807, 2.05) is 32.2 Å². The molecular formula is C16H18Cl2NOPTi. The van der Waals surface area contributed by atoms with Crippen molar-refractivity contribution in [1.82, 2.24) is 0 Å². The van der Waals surface area contributed by atoms with Gasteiger partial charge in [0.05, 0.1) is 0 Å². The second kappa shape index (κ2) is 10.4. The predicted molar refractivity (Wildman–Crippen MR) is 96.7 cm³/mol. The number of para-hydroxylation sites is 1. The maximum atomic E-state index is 9.93. The van der Waals surface area contributed by atoms with Crippen molar-refractivity contribution in [2.45, 2.75) is 13.8 Å². The normalized spacial score (nSPS) is 11.2. The molecule has 22 heavy (non-hydrogen) atoms. The molecule has 2 nitrogen and oxygen atoms in total. The number of hydrogen-bond acceptors (Lipinski definition) is 2. The number of hydrogen-bond donors (Lipinski definition) is 1. The summed E-state index contributed by atoms with van der Waals surface area (Å²) in [6.45, 7) is 4.13. The standard InChI is InChI=1S/C16H18NOP.2ClH.Ti/c1-11-7-6-8-13(12(2)17-3)16(11)19-15-10-5-4-9-14(15)18;;;/h4-10,18-19H,1-3H3;2*1H;/q;;;+2/p-2. The van der Waals surface area contributed by atoms with Gasteiger partial charge in [-0.3, -0.25) is 4.99 Å². The van der Waals surface area contributed by atoms with Gasteiger partial charge in [0, 0.05) is 23.6 Å². The van der Waals surface area contributed by atoms with Crippen LogP contribution in [0.25, 0.3) is 0 Å². The fraction of sp³-hybridized carbons (Fsp3) is 0.188. The zero-order chi connectivity index (χ0) is 16.5. The van der Waals surface area contributed by atoms with Crippen LogP contribution in [0, 0.1) is 6.92 Å². The van der Waals surface area contributed by atoms with Gasteiger partial charge in [0.2, 0.25) is 0 Å². The van der Waals surface area contributed by atoms with Crippen LogP contribution in [-0.4, -0.2) is 17.9 Å². The number of phenols is 1. The van der Waals surface area contributed by atoms with Crippen LogP contribution in [0.15, 0.2) is 47.5 Å². The van der Waals surface area contributed by atoms with Crippen molar-refractivity contribution in [3.05, 3.63) is 53.6 Å². The van der Waals surface area contributed by atoms with E-state index in [-0.39, 0.29) is 0 Å². The van der Waals surface area contributed by atoms with Crippen LogP contribution in [0.5, 0.6) is 5.75 Å². The van der Waals surface area contributed by atoms with Crippen molar-refractivity contribution in [2.75, 3.05) is 7.05 Å². The molecule has 2 rings (SSSR count). The first-order chi connectivity index (χ1) is 10.5. The van der Waals surface area contributed by atoms with Crippen LogP contribution in [0.2, 0.25) is 0 Å². The zero-order valence-electron chi connectivity index (χ0n) is 12.7. The third kappa shape index (κ3) is 5.68. The third-order valence-electron chi connectivity index (χ3n) is 3.16. The van der Waals surface area contributed by atoms with Gasteiger partial charge < -0.3 is 5.11 Å². The van der Waals surface area contributed by atoms with Crippen molar-refractivity contribution in [3.8, 4) is 5.75 Å². The molecule has 0 aromatic heterocycles. The molecule has 1 atom stereocenters. The van der Waals surface area contributed by atoms with Crippen LogP contribution in [-0.2, 0) is 17.0 Å². The second-order valence-electron chi connectivity index (χ2n) is 4.52. The Bertz CT molecular complexity index is 650. The summed E-state index contributed by atoms with van der Waals surface area (Å²) in [6, 6.07) is 13.8. The van der Waals surface area contributed by atoms with Gasteiger partial charge in [0.25, 0.3) is 0 Å². The van der Waals surface area contributed by atoms with E-state index in [0.29, 0.717) is 14.3 Å². The van der Waals surface area contributed by atoms with Crippen LogP contribution >= 0.6 is 27.2 Å². The zero-order valence-corrected chi connectivity index (χ0v) is 16.8. The molecule has 0 bridgehead atoms. The molecule has 0 heterocycles. The molecule has 2 aromatic carbocycles. The molecule has 0 aliphatic rings. The van der Waals surface area contributed by atoms with Crippen molar-refractivity contribution >= 4 is 43.5 Å². The van der Waals surface area contributed by atoms with Gasteiger partial charge in [-0.2, -0.15) is 0 Å². The molecule has 1 unspecified atom stereocenters. The summed E-state index contributed by atoms with van der Waals surface area (Å²) in [7, 11) is 12.0. The molecule has 0 aliphatic heterocycles. The molecule has 0 spiro atoms. The van der Waals surface area contributed by atoms with Crippen molar-refractivity contribution in [3.63, 3.8) is 0 Å². The van der Waals surface area contributed by atoms with Crippen LogP contribution in [0.3, 0.4) is 0 Å². The molecule has 0 aliphatic carbocycles. The molecule has 0 saturated heterocycles. The average molecular weight is 390 g/mol. The first-order valence-corrected chi connectivity index (χ1v) is 11.9. The minimum absolute atomic E-state index is 0.362. The number of halogens is 2. The molecule has 0 saturated carbocycles. The Morgan fingerprint density at radius 1 is 1.14 bits per heavy atom. The van der Waals surface area contributed by atoms with Gasteiger partial charge in [-0.1, -0.05) is 45.0 Å². The Labute approximate surface area is 150 Å². The number of phenolic OH excluding ortho intramolecular Hbond substituents is 1. The van der Waals surface area contributed by atoms with Gasteiger partial charge in [0.1, 0.15) is 5.75 Å². The van der Waals surface area contributed by atoms with Gasteiger partial charge in [-0.15, -0.1) is 0 Å². The van der Waals surface area contributed by atoms with Crippen molar-refractivity contribution in [2.24, 2.45) is 4.99 Å². The Kier molecular flexibility index (Phi) is 9.32. The van der Waals surface area contributed by atoms with E-state index in [2.05, 4.69) is 30.1 Å². The van der Waals surface area contributed by atoms with Gasteiger partial charge in [0.15, 0.2) is 0 Å². The van der Waals surface area contributed by atoms with E-state index in [1.54, 1.807) is 6.07 Å². The second-order valence-corrected chi connectivity index (χ2v) is 8.39. The Hall–Kier alpha value is -0.366. The molecule has 6 heteroatoms. The summed E-state index contributed by atoms with van der Waals surface area (Å²) in [5.41, 5.74) is 3.44. The Morgan fingerprint density at radius 3 is 2.36 bits per heavy atom. The summed E-state index contributed by atoms with van der Waals surface area (Å²) in [5, 5.41) is 12.2. The number of aliphatic imine (C=N–C) groups is 1. The van der Waals surface area contributed by atoms with E-state index >= 15 is 0 Å². The van der Waals surface area contributed by atoms with Crippen LogP contribution in [0.1, 0.15) is 18.1 Å². The fourth-order valence-corrected chi connectivity index (χ4v) is 3.31. The monoisotopic (exact) mass is 389 g/mol. The van der Waals surface area contributed by atoms with E-state index in [4.69, 9.17) is 18.6 Å². The molecule has 0 radical (unpaired) electrons. The van der Waals surface area contributed by atoms with E-state index < -0.39 is 17.0 Å². The fourth-order valence-electron chi connectivity index (χ4n) is 1.97. The van der Waals surface area contributed by atoms with Crippen molar-refractivity contribution in [1.29, 1.82) is 0 Å². The molecule has 0 fully saturated rings. The molecule has 1 N–H and O–H groups in total. The van der Waals surface area contributed by atoms with Gasteiger partial charge in [-0.25, -0.2) is 0 Å². The SMILES string of the molecule is CN=C(C)c1cccc(C)c1Pc1ccccc1O.[Cl][Ti][Cl]. The van der Waals surface area contributed by atoms with Gasteiger partial charge in [-0.05, 0) is 30.8 Å². The van der Waals surface area contributed by atoms with E-state index in [0.717, 1.165) is 11.0 Å². The summed E-state index contributed by atoms with van der Waals surface area (Å²) in [5.74, 6) is 0.362. The van der Waals surface area contributed by atoms with Gasteiger partial charge >= 0.3 is 35.6 Å². The molecular weight excluding hydrogens is 372 g/mol. The Balaban J connectivity index is 0.000000745. The van der Waals surface area contributed by atoms with E-state index in [9.17, 15) is 5.11 Å². The topological polar surface area (TPSA) is 32.6 Å². The minimum atomic E-state index is -0.556. The predicted octanol–water partition coefficient (Wildman–Crippen LogP) is 4.15. The number of aryl methyl sites for hydroxylation is 1. The maximum absolute atomic E-state index is 9.93. The summed E-state index contributed by atoms with van der Waals surface area (Å²) >= 11 is -0.556. The Morgan fingerprint density at radius 2 is 1.77 bits per heavy atom.